The summed E-state index contributed by atoms with van der Waals surface area (Å²) in [6.45, 7) is 8.10. The molecular weight excluding hydrogens is 415 g/mol. The topological polar surface area (TPSA) is 55.1 Å². The normalized spacial score (nSPS) is 13.0. The first kappa shape index (κ1) is 23.5. The summed E-state index contributed by atoms with van der Waals surface area (Å²) >= 11 is 0. The zero-order valence-corrected chi connectivity index (χ0v) is 18.7. The molecule has 0 spiro atoms. The van der Waals surface area contributed by atoms with Gasteiger partial charge in [0, 0.05) is 24.0 Å². The first-order chi connectivity index (χ1) is 15.2. The quantitative estimate of drug-likeness (QED) is 0.599. The molecule has 3 rings (SSSR count). The molecule has 2 heterocycles. The molecule has 0 saturated heterocycles. The lowest BCUT2D eigenvalue weighted by Gasteiger charge is -2.13. The molecule has 0 bridgehead atoms. The molecular formula is C24H26F3N5. The van der Waals surface area contributed by atoms with Gasteiger partial charge < -0.3 is 9.88 Å². The standard InChI is InChI=1S/C24H26F3N5/c1-14(2)28-11-7-8-17-12-20-21(13-29-17)32(5)16(4)31-24(20)30-15(3)18-9-6-10-19(22(18)25)23(26)27/h6,9-10,12-15,23,28H,11H2,1-5H3/b30-24-. The van der Waals surface area contributed by atoms with Gasteiger partial charge in [0.2, 0.25) is 0 Å². The number of rotatable bonds is 5. The van der Waals surface area contributed by atoms with Gasteiger partial charge in [0.25, 0.3) is 6.43 Å². The number of pyridine rings is 1. The van der Waals surface area contributed by atoms with Crippen LogP contribution in [-0.4, -0.2) is 27.1 Å². The lowest BCUT2D eigenvalue weighted by Crippen LogP contribution is -2.22. The van der Waals surface area contributed by atoms with Gasteiger partial charge in [0.1, 0.15) is 17.3 Å². The van der Waals surface area contributed by atoms with Crippen molar-refractivity contribution in [3.8, 4) is 11.8 Å². The van der Waals surface area contributed by atoms with Crippen LogP contribution in [0.15, 0.2) is 35.5 Å². The number of benzene rings is 1. The van der Waals surface area contributed by atoms with Crippen LogP contribution in [-0.2, 0) is 7.05 Å². The van der Waals surface area contributed by atoms with Gasteiger partial charge in [-0.05, 0) is 39.7 Å². The van der Waals surface area contributed by atoms with Crippen LogP contribution in [0.25, 0.3) is 10.9 Å². The minimum Gasteiger partial charge on any atom is -0.331 e. The molecule has 1 N–H and O–H groups in total. The summed E-state index contributed by atoms with van der Waals surface area (Å²) in [4.78, 5) is 13.5. The third kappa shape index (κ3) is 5.17. The summed E-state index contributed by atoms with van der Waals surface area (Å²) in [6.07, 6.45) is -1.19. The smallest absolute Gasteiger partial charge is 0.266 e. The number of hydrogen-bond donors (Lipinski definition) is 1. The van der Waals surface area contributed by atoms with Crippen molar-refractivity contribution in [1.29, 1.82) is 0 Å². The van der Waals surface area contributed by atoms with E-state index in [2.05, 4.69) is 32.1 Å². The molecule has 3 aromatic rings. The SMILES string of the molecule is Cc1n/c(=N\C(C)c2cccc(C(F)F)c2F)c2cc(C#CCNC(C)C)ncc2n1C. The maximum atomic E-state index is 14.6. The van der Waals surface area contributed by atoms with Gasteiger partial charge in [-0.1, -0.05) is 24.1 Å². The number of aromatic nitrogens is 3. The number of alkyl halides is 2. The Balaban J connectivity index is 2.11. The average Bonchev–Trinajstić information content (AvgIpc) is 2.74. The van der Waals surface area contributed by atoms with Crippen molar-refractivity contribution in [3.05, 3.63) is 64.4 Å². The monoisotopic (exact) mass is 441 g/mol. The van der Waals surface area contributed by atoms with Gasteiger partial charge >= 0.3 is 0 Å². The van der Waals surface area contributed by atoms with E-state index in [1.165, 1.54) is 12.1 Å². The van der Waals surface area contributed by atoms with Crippen LogP contribution < -0.4 is 10.8 Å². The van der Waals surface area contributed by atoms with Crippen molar-refractivity contribution < 1.29 is 13.2 Å². The second kappa shape index (κ2) is 9.96. The van der Waals surface area contributed by atoms with Crippen LogP contribution in [0.4, 0.5) is 13.2 Å². The van der Waals surface area contributed by atoms with E-state index < -0.39 is 23.8 Å². The van der Waals surface area contributed by atoms with E-state index in [9.17, 15) is 13.2 Å². The second-order valence-electron chi connectivity index (χ2n) is 7.82. The molecule has 0 saturated carbocycles. The molecule has 0 radical (unpaired) electrons. The summed E-state index contributed by atoms with van der Waals surface area (Å²) in [6, 6.07) is 5.37. The van der Waals surface area contributed by atoms with Gasteiger partial charge in [-0.3, -0.25) is 4.99 Å². The summed E-state index contributed by atoms with van der Waals surface area (Å²) in [5, 5.41) is 3.92. The number of nitrogens with zero attached hydrogens (tertiary/aromatic N) is 4. The molecule has 2 aromatic heterocycles. The van der Waals surface area contributed by atoms with Gasteiger partial charge in [0.15, 0.2) is 5.49 Å². The second-order valence-corrected chi connectivity index (χ2v) is 7.82. The average molecular weight is 442 g/mol. The Labute approximate surface area is 185 Å². The van der Waals surface area contributed by atoms with Crippen LogP contribution in [0.5, 0.6) is 0 Å². The minimum atomic E-state index is -2.89. The fraction of sp³-hybridized carbons (Fsp3) is 0.375. The lowest BCUT2D eigenvalue weighted by atomic mass is 10.0. The highest BCUT2D eigenvalue weighted by atomic mass is 19.3. The summed E-state index contributed by atoms with van der Waals surface area (Å²) in [5.41, 5.74) is 1.20. The molecule has 5 nitrogen and oxygen atoms in total. The molecule has 0 aliphatic rings. The Kier molecular flexibility index (Phi) is 7.31. The maximum absolute atomic E-state index is 14.6. The van der Waals surface area contributed by atoms with Crippen LogP contribution in [0.2, 0.25) is 0 Å². The highest BCUT2D eigenvalue weighted by molar-refractivity contribution is 5.78. The van der Waals surface area contributed by atoms with Crippen molar-refractivity contribution in [1.82, 2.24) is 19.9 Å². The highest BCUT2D eigenvalue weighted by Gasteiger charge is 2.19. The first-order valence-electron chi connectivity index (χ1n) is 10.3. The van der Waals surface area contributed by atoms with Crippen molar-refractivity contribution in [2.75, 3.05) is 6.54 Å². The molecule has 32 heavy (non-hydrogen) atoms. The van der Waals surface area contributed by atoms with E-state index in [4.69, 9.17) is 0 Å². The maximum Gasteiger partial charge on any atom is 0.266 e. The van der Waals surface area contributed by atoms with Crippen LogP contribution in [0.3, 0.4) is 0 Å². The third-order valence-corrected chi connectivity index (χ3v) is 5.11. The van der Waals surface area contributed by atoms with Gasteiger partial charge in [-0.15, -0.1) is 0 Å². The summed E-state index contributed by atoms with van der Waals surface area (Å²) in [7, 11) is 1.86. The van der Waals surface area contributed by atoms with E-state index in [-0.39, 0.29) is 5.56 Å². The molecule has 0 aliphatic carbocycles. The van der Waals surface area contributed by atoms with Crippen molar-refractivity contribution >= 4 is 10.9 Å². The molecule has 1 unspecified atom stereocenters. The summed E-state index contributed by atoms with van der Waals surface area (Å²) < 4.78 is 42.7. The predicted molar refractivity (Wildman–Crippen MR) is 119 cm³/mol. The fourth-order valence-corrected chi connectivity index (χ4v) is 3.23. The highest BCUT2D eigenvalue weighted by Crippen LogP contribution is 2.28. The van der Waals surface area contributed by atoms with E-state index in [1.54, 1.807) is 19.2 Å². The molecule has 1 atom stereocenters. The Morgan fingerprint density at radius 2 is 1.91 bits per heavy atom. The van der Waals surface area contributed by atoms with Crippen LogP contribution in [0.1, 0.15) is 55.9 Å². The van der Waals surface area contributed by atoms with Crippen LogP contribution >= 0.6 is 0 Å². The van der Waals surface area contributed by atoms with E-state index in [0.717, 1.165) is 11.6 Å². The number of nitrogens with one attached hydrogen (secondary N) is 1. The van der Waals surface area contributed by atoms with E-state index >= 15 is 0 Å². The Bertz CT molecular complexity index is 1250. The fourth-order valence-electron chi connectivity index (χ4n) is 3.23. The number of halogens is 3. The van der Waals surface area contributed by atoms with Crippen molar-refractivity contribution in [2.24, 2.45) is 12.0 Å². The Hall–Kier alpha value is -3.18. The van der Waals surface area contributed by atoms with Gasteiger partial charge in [-0.25, -0.2) is 23.1 Å². The van der Waals surface area contributed by atoms with Crippen LogP contribution in [0, 0.1) is 24.6 Å². The number of aryl methyl sites for hydroxylation is 2. The van der Waals surface area contributed by atoms with Gasteiger partial charge in [0.05, 0.1) is 29.9 Å². The molecule has 0 aliphatic heterocycles. The lowest BCUT2D eigenvalue weighted by molar-refractivity contribution is 0.146. The Morgan fingerprint density at radius 3 is 2.59 bits per heavy atom. The molecule has 1 aromatic carbocycles. The van der Waals surface area contributed by atoms with Gasteiger partial charge in [-0.2, -0.15) is 0 Å². The number of fused-ring (bicyclic) bond motifs is 1. The van der Waals surface area contributed by atoms with Crippen molar-refractivity contribution in [3.63, 3.8) is 0 Å². The molecule has 0 amide bonds. The molecule has 8 heteroatoms. The third-order valence-electron chi connectivity index (χ3n) is 5.11. The zero-order valence-electron chi connectivity index (χ0n) is 18.7. The summed E-state index contributed by atoms with van der Waals surface area (Å²) in [5.74, 6) is 5.80. The minimum absolute atomic E-state index is 0.0949. The Morgan fingerprint density at radius 1 is 1.19 bits per heavy atom. The van der Waals surface area contributed by atoms with Crippen molar-refractivity contribution in [2.45, 2.75) is 46.2 Å². The predicted octanol–water partition coefficient (Wildman–Crippen LogP) is 4.36. The van der Waals surface area contributed by atoms with E-state index in [1.807, 2.05) is 32.4 Å². The first-order valence-corrected chi connectivity index (χ1v) is 10.3. The number of hydrogen-bond acceptors (Lipinski definition) is 4. The molecule has 0 fully saturated rings. The van der Waals surface area contributed by atoms with E-state index in [0.29, 0.717) is 35.0 Å². The zero-order chi connectivity index (χ0) is 23.4. The molecule has 168 valence electrons. The largest absolute Gasteiger partial charge is 0.331 e.